The molecule has 2 aliphatic heterocycles. The van der Waals surface area contributed by atoms with Gasteiger partial charge in [0.15, 0.2) is 5.79 Å². The lowest BCUT2D eigenvalue weighted by Crippen LogP contribution is -2.51. The quantitative estimate of drug-likeness (QED) is 0.207. The lowest BCUT2D eigenvalue weighted by molar-refractivity contribution is -0.157. The van der Waals surface area contributed by atoms with E-state index in [1.807, 2.05) is 48.0 Å². The van der Waals surface area contributed by atoms with Crippen LogP contribution in [0.2, 0.25) is 0 Å². The second-order valence-corrected chi connectivity index (χ2v) is 12.9. The van der Waals surface area contributed by atoms with Gasteiger partial charge in [-0.1, -0.05) is 96.6 Å². The number of H-pyrrole nitrogens is 1. The van der Waals surface area contributed by atoms with E-state index in [9.17, 15) is 0 Å². The van der Waals surface area contributed by atoms with Gasteiger partial charge in [-0.25, -0.2) is 4.79 Å². The SMILES string of the molecule is Cc1cccc(CN2C(=O)N(Cc3ccc4[nH]ncc4c3)[C@H](Cc3ccccc3)C3OC(C)(C)OC3[C@H]2Cc2ccccc2)c1. The zero-order chi connectivity index (χ0) is 31.0. The van der Waals surface area contributed by atoms with E-state index in [2.05, 4.69) is 102 Å². The first kappa shape index (κ1) is 29.3. The number of nitrogens with zero attached hydrogens (tertiary/aromatic N) is 3. The molecule has 4 atom stereocenters. The lowest BCUT2D eigenvalue weighted by atomic mass is 9.91. The van der Waals surface area contributed by atoms with Gasteiger partial charge in [0.1, 0.15) is 12.2 Å². The Bertz CT molecular complexity index is 1770. The van der Waals surface area contributed by atoms with Crippen LogP contribution >= 0.6 is 0 Å². The first-order chi connectivity index (χ1) is 21.8. The number of fused-ring (bicyclic) bond motifs is 2. The molecule has 0 aliphatic carbocycles. The molecule has 45 heavy (non-hydrogen) atoms. The van der Waals surface area contributed by atoms with E-state index in [1.54, 1.807) is 0 Å². The summed E-state index contributed by atoms with van der Waals surface area (Å²) in [7, 11) is 0. The van der Waals surface area contributed by atoms with E-state index in [4.69, 9.17) is 9.47 Å². The van der Waals surface area contributed by atoms with Gasteiger partial charge in [0.25, 0.3) is 0 Å². The number of nitrogens with one attached hydrogen (secondary N) is 1. The van der Waals surface area contributed by atoms with Crippen molar-refractivity contribution in [3.05, 3.63) is 137 Å². The highest BCUT2D eigenvalue weighted by Gasteiger charge is 2.55. The first-order valence-corrected chi connectivity index (χ1v) is 15.8. The largest absolute Gasteiger partial charge is 0.342 e. The van der Waals surface area contributed by atoms with Crippen LogP contribution in [-0.2, 0) is 35.4 Å². The fourth-order valence-corrected chi connectivity index (χ4v) is 7.04. The molecule has 2 fully saturated rings. The minimum atomic E-state index is -0.796. The van der Waals surface area contributed by atoms with Crippen molar-refractivity contribution in [1.29, 1.82) is 0 Å². The van der Waals surface area contributed by atoms with Gasteiger partial charge in [-0.3, -0.25) is 5.10 Å². The summed E-state index contributed by atoms with van der Waals surface area (Å²) in [5.74, 6) is -0.796. The zero-order valence-corrected chi connectivity index (χ0v) is 26.1. The highest BCUT2D eigenvalue weighted by Crippen LogP contribution is 2.40. The molecule has 7 heteroatoms. The Morgan fingerprint density at radius 3 is 1.84 bits per heavy atom. The predicted octanol–water partition coefficient (Wildman–Crippen LogP) is 7.05. The summed E-state index contributed by atoms with van der Waals surface area (Å²) in [6.07, 6.45) is 2.47. The van der Waals surface area contributed by atoms with Gasteiger partial charge in [-0.2, -0.15) is 5.10 Å². The van der Waals surface area contributed by atoms with Crippen molar-refractivity contribution in [3.8, 4) is 0 Å². The van der Waals surface area contributed by atoms with Crippen LogP contribution in [0.4, 0.5) is 4.79 Å². The Labute approximate surface area is 264 Å². The molecule has 1 N–H and O–H groups in total. The van der Waals surface area contributed by atoms with Crippen molar-refractivity contribution >= 4 is 16.9 Å². The van der Waals surface area contributed by atoms with Crippen LogP contribution in [0.25, 0.3) is 10.9 Å². The number of ether oxygens (including phenoxy) is 2. The maximum absolute atomic E-state index is 15.2. The number of hydrogen-bond donors (Lipinski definition) is 1. The van der Waals surface area contributed by atoms with Crippen LogP contribution in [0.1, 0.15) is 41.7 Å². The molecule has 2 saturated heterocycles. The van der Waals surface area contributed by atoms with E-state index < -0.39 is 5.79 Å². The minimum Gasteiger partial charge on any atom is -0.342 e. The van der Waals surface area contributed by atoms with E-state index in [1.165, 1.54) is 5.56 Å². The second kappa shape index (κ2) is 12.1. The van der Waals surface area contributed by atoms with Crippen LogP contribution in [-0.4, -0.2) is 56.1 Å². The van der Waals surface area contributed by atoms with Gasteiger partial charge in [0, 0.05) is 18.5 Å². The van der Waals surface area contributed by atoms with E-state index in [0.29, 0.717) is 25.9 Å². The number of carbonyl (C=O) groups is 1. The summed E-state index contributed by atoms with van der Waals surface area (Å²) in [6, 6.07) is 35.0. The maximum atomic E-state index is 15.2. The van der Waals surface area contributed by atoms with Crippen LogP contribution in [0.5, 0.6) is 0 Å². The highest BCUT2D eigenvalue weighted by atomic mass is 16.8. The first-order valence-electron chi connectivity index (χ1n) is 15.8. The summed E-state index contributed by atoms with van der Waals surface area (Å²) in [4.78, 5) is 19.3. The normalized spacial score (nSPS) is 22.9. The average Bonchev–Trinajstić information content (AvgIpc) is 3.62. The molecule has 2 unspecified atom stereocenters. The number of carbonyl (C=O) groups excluding carboxylic acids is 1. The topological polar surface area (TPSA) is 70.7 Å². The standard InChI is InChI=1S/C38H40N4O3/c1-26-11-10-16-29(19-26)24-41-33(21-27-12-6-4-7-13-27)35-36(45-38(2,3)44-35)34(22-28-14-8-5-9-15-28)42(37(41)43)25-30-17-18-32-31(20-30)23-39-40-32/h4-20,23,33-36H,21-22,24-25H2,1-3H3,(H,39,40)/t33-,34-,35?,36?/m1/s1. The Kier molecular flexibility index (Phi) is 7.90. The minimum absolute atomic E-state index is 0.00920. The zero-order valence-electron chi connectivity index (χ0n) is 26.1. The van der Waals surface area contributed by atoms with E-state index >= 15 is 4.79 Å². The number of hydrogen-bond acceptors (Lipinski definition) is 4. The van der Waals surface area contributed by atoms with Crippen molar-refractivity contribution < 1.29 is 14.3 Å². The number of amides is 2. The van der Waals surface area contributed by atoms with E-state index in [-0.39, 0.29) is 30.3 Å². The molecule has 5 aromatic rings. The molecule has 7 rings (SSSR count). The smallest absolute Gasteiger partial charge is 0.321 e. The summed E-state index contributed by atoms with van der Waals surface area (Å²) in [6.45, 7) is 6.98. The fraction of sp³-hybridized carbons (Fsp3) is 0.316. The predicted molar refractivity (Wildman–Crippen MR) is 175 cm³/mol. The number of aromatic amines is 1. The highest BCUT2D eigenvalue weighted by molar-refractivity contribution is 5.79. The number of urea groups is 1. The van der Waals surface area contributed by atoms with Crippen LogP contribution < -0.4 is 0 Å². The monoisotopic (exact) mass is 600 g/mol. The third-order valence-corrected chi connectivity index (χ3v) is 9.08. The number of aryl methyl sites for hydroxylation is 1. The van der Waals surface area contributed by atoms with Gasteiger partial charge in [0.05, 0.1) is 23.8 Å². The second-order valence-electron chi connectivity index (χ2n) is 12.9. The van der Waals surface area contributed by atoms with Gasteiger partial charge in [-0.05, 0) is 68.0 Å². The molecule has 0 saturated carbocycles. The summed E-state index contributed by atoms with van der Waals surface area (Å²) in [5, 5.41) is 8.28. The molecule has 4 aromatic carbocycles. The third kappa shape index (κ3) is 6.23. The van der Waals surface area contributed by atoms with Crippen LogP contribution in [0, 0.1) is 6.92 Å². The van der Waals surface area contributed by atoms with Crippen molar-refractivity contribution in [2.24, 2.45) is 0 Å². The summed E-state index contributed by atoms with van der Waals surface area (Å²) < 4.78 is 13.6. The molecule has 230 valence electrons. The summed E-state index contributed by atoms with van der Waals surface area (Å²) >= 11 is 0. The Balaban J connectivity index is 1.36. The molecule has 0 radical (unpaired) electrons. The van der Waals surface area contributed by atoms with Crippen molar-refractivity contribution in [1.82, 2.24) is 20.0 Å². The third-order valence-electron chi connectivity index (χ3n) is 9.08. The van der Waals surface area contributed by atoms with Crippen LogP contribution in [0.15, 0.2) is 109 Å². The number of benzene rings is 4. The van der Waals surface area contributed by atoms with E-state index in [0.717, 1.165) is 33.2 Å². The van der Waals surface area contributed by atoms with Gasteiger partial charge >= 0.3 is 6.03 Å². The molecule has 3 heterocycles. The van der Waals surface area contributed by atoms with Crippen molar-refractivity contribution in [3.63, 3.8) is 0 Å². The molecule has 7 nitrogen and oxygen atoms in total. The van der Waals surface area contributed by atoms with Gasteiger partial charge in [-0.15, -0.1) is 0 Å². The molecule has 2 aliphatic rings. The Hall–Kier alpha value is -4.46. The van der Waals surface area contributed by atoms with Gasteiger partial charge in [0.2, 0.25) is 0 Å². The summed E-state index contributed by atoms with van der Waals surface area (Å²) in [5.41, 5.74) is 6.60. The average molecular weight is 601 g/mol. The molecular formula is C38H40N4O3. The Morgan fingerprint density at radius 1 is 0.711 bits per heavy atom. The molecule has 0 spiro atoms. The lowest BCUT2D eigenvalue weighted by Gasteiger charge is -2.37. The van der Waals surface area contributed by atoms with Crippen molar-refractivity contribution in [2.45, 2.75) is 76.8 Å². The molecule has 0 bridgehead atoms. The Morgan fingerprint density at radius 2 is 1.27 bits per heavy atom. The molecule has 2 amide bonds. The van der Waals surface area contributed by atoms with Crippen LogP contribution in [0.3, 0.4) is 0 Å². The number of rotatable bonds is 8. The molecule has 1 aromatic heterocycles. The maximum Gasteiger partial charge on any atom is 0.321 e. The van der Waals surface area contributed by atoms with Gasteiger partial charge < -0.3 is 19.3 Å². The number of aromatic nitrogens is 2. The molecular weight excluding hydrogens is 560 g/mol. The fourth-order valence-electron chi connectivity index (χ4n) is 7.04. The van der Waals surface area contributed by atoms with Crippen molar-refractivity contribution in [2.75, 3.05) is 0 Å².